The molecule has 1 heterocycles. The van der Waals surface area contributed by atoms with Crippen molar-refractivity contribution < 1.29 is 23.7 Å². The molecule has 7 nitrogen and oxygen atoms in total. The lowest BCUT2D eigenvalue weighted by Gasteiger charge is -2.27. The minimum atomic E-state index is 0.0491. The van der Waals surface area contributed by atoms with E-state index in [4.69, 9.17) is 18.9 Å². The zero-order chi connectivity index (χ0) is 25.6. The highest BCUT2D eigenvalue weighted by molar-refractivity contribution is 5.57. The Morgan fingerprint density at radius 2 is 1.81 bits per heavy atom. The normalized spacial score (nSPS) is 14.7. The van der Waals surface area contributed by atoms with Gasteiger partial charge >= 0.3 is 0 Å². The quantitative estimate of drug-likeness (QED) is 0.235. The summed E-state index contributed by atoms with van der Waals surface area (Å²) in [4.78, 5) is 12.9. The molecule has 0 spiro atoms. The van der Waals surface area contributed by atoms with Crippen LogP contribution in [-0.2, 0) is 16.0 Å². The first-order chi connectivity index (χ1) is 17.6. The Morgan fingerprint density at radius 1 is 1.06 bits per heavy atom. The van der Waals surface area contributed by atoms with Crippen LogP contribution in [0.15, 0.2) is 36.4 Å². The number of ether oxygens (including phenoxy) is 4. The molecule has 36 heavy (non-hydrogen) atoms. The van der Waals surface area contributed by atoms with Gasteiger partial charge in [0.2, 0.25) is 0 Å². The van der Waals surface area contributed by atoms with E-state index in [2.05, 4.69) is 30.3 Å². The fourth-order valence-corrected chi connectivity index (χ4v) is 4.34. The maximum absolute atomic E-state index is 10.6. The number of hydrogen-bond donors (Lipinski definition) is 1. The number of fused-ring (bicyclic) bond motifs is 1. The molecule has 0 aromatic heterocycles. The number of aryl methyl sites for hydroxylation is 1. The predicted octanol–water partition coefficient (Wildman–Crippen LogP) is 5.28. The fourth-order valence-electron chi connectivity index (χ4n) is 4.34. The first-order valence-electron chi connectivity index (χ1n) is 13.2. The summed E-state index contributed by atoms with van der Waals surface area (Å²) in [7, 11) is 4.02. The predicted molar refractivity (Wildman–Crippen MR) is 144 cm³/mol. The highest BCUT2D eigenvalue weighted by Gasteiger charge is 2.23. The third-order valence-electron chi connectivity index (χ3n) is 6.32. The maximum Gasteiger partial charge on any atom is 0.125 e. The lowest BCUT2D eigenvalue weighted by Crippen LogP contribution is -2.26. The summed E-state index contributed by atoms with van der Waals surface area (Å²) in [5, 5.41) is 3.18. The molecule has 0 saturated heterocycles. The Kier molecular flexibility index (Phi) is 11.9. The van der Waals surface area contributed by atoms with E-state index in [0.717, 1.165) is 85.5 Å². The molecule has 1 aliphatic rings. The molecule has 7 heteroatoms. The molecule has 0 radical (unpaired) electrons. The summed E-state index contributed by atoms with van der Waals surface area (Å²) in [6.45, 7) is 6.85. The highest BCUT2D eigenvalue weighted by atomic mass is 16.5. The molecule has 198 valence electrons. The molecule has 0 aliphatic carbocycles. The molecule has 0 fully saturated rings. The third-order valence-corrected chi connectivity index (χ3v) is 6.32. The van der Waals surface area contributed by atoms with Gasteiger partial charge in [0.05, 0.1) is 32.5 Å². The summed E-state index contributed by atoms with van der Waals surface area (Å²) in [6.07, 6.45) is 6.06. The van der Waals surface area contributed by atoms with Gasteiger partial charge in [0.15, 0.2) is 0 Å². The van der Waals surface area contributed by atoms with Crippen LogP contribution in [0, 0.1) is 0 Å². The Bertz CT molecular complexity index is 936. The van der Waals surface area contributed by atoms with Crippen molar-refractivity contribution in [1.82, 2.24) is 4.90 Å². The Balaban J connectivity index is 1.40. The average molecular weight is 499 g/mol. The number of rotatable bonds is 17. The van der Waals surface area contributed by atoms with Crippen molar-refractivity contribution in [3.8, 4) is 17.2 Å². The fraction of sp³-hybridized carbons (Fsp3) is 0.552. The zero-order valence-electron chi connectivity index (χ0n) is 22.1. The summed E-state index contributed by atoms with van der Waals surface area (Å²) in [6, 6.07) is 12.0. The lowest BCUT2D eigenvalue weighted by molar-refractivity contribution is -0.107. The van der Waals surface area contributed by atoms with Gasteiger partial charge in [-0.1, -0.05) is 13.0 Å². The van der Waals surface area contributed by atoms with Crippen LogP contribution in [0.5, 0.6) is 17.2 Å². The summed E-state index contributed by atoms with van der Waals surface area (Å²) in [5.74, 6) is 2.57. The van der Waals surface area contributed by atoms with E-state index in [0.29, 0.717) is 32.8 Å². The molecule has 0 bridgehead atoms. The first-order valence-corrected chi connectivity index (χ1v) is 13.2. The number of anilines is 1. The van der Waals surface area contributed by atoms with Gasteiger partial charge < -0.3 is 34.0 Å². The maximum atomic E-state index is 10.6. The highest BCUT2D eigenvalue weighted by Crippen LogP contribution is 2.37. The zero-order valence-corrected chi connectivity index (χ0v) is 22.1. The summed E-state index contributed by atoms with van der Waals surface area (Å²) < 4.78 is 24.0. The van der Waals surface area contributed by atoms with Gasteiger partial charge in [-0.3, -0.25) is 0 Å². The van der Waals surface area contributed by atoms with Crippen LogP contribution in [0.2, 0.25) is 0 Å². The smallest absolute Gasteiger partial charge is 0.125 e. The van der Waals surface area contributed by atoms with Crippen LogP contribution in [0.4, 0.5) is 5.69 Å². The van der Waals surface area contributed by atoms with Gasteiger partial charge in [-0.25, -0.2) is 0 Å². The van der Waals surface area contributed by atoms with Crippen molar-refractivity contribution in [2.45, 2.75) is 51.6 Å². The second kappa shape index (κ2) is 15.4. The van der Waals surface area contributed by atoms with E-state index < -0.39 is 0 Å². The monoisotopic (exact) mass is 498 g/mol. The number of benzene rings is 2. The van der Waals surface area contributed by atoms with Crippen molar-refractivity contribution in [3.05, 3.63) is 47.5 Å². The van der Waals surface area contributed by atoms with Crippen LogP contribution in [0.25, 0.3) is 0 Å². The Hall–Kier alpha value is -2.77. The van der Waals surface area contributed by atoms with Gasteiger partial charge in [-0.15, -0.1) is 0 Å². The van der Waals surface area contributed by atoms with Gasteiger partial charge in [-0.05, 0) is 69.1 Å². The van der Waals surface area contributed by atoms with E-state index in [1.165, 1.54) is 0 Å². The number of nitrogens with zero attached hydrogens (tertiary/aromatic N) is 1. The Labute approximate surface area is 216 Å². The van der Waals surface area contributed by atoms with E-state index >= 15 is 0 Å². The van der Waals surface area contributed by atoms with Crippen molar-refractivity contribution in [2.24, 2.45) is 0 Å². The molecule has 0 amide bonds. The number of carbonyl (C=O) groups is 1. The number of aldehydes is 1. The van der Waals surface area contributed by atoms with Crippen molar-refractivity contribution in [3.63, 3.8) is 0 Å². The topological polar surface area (TPSA) is 69.3 Å². The van der Waals surface area contributed by atoms with Crippen LogP contribution < -0.4 is 19.5 Å². The van der Waals surface area contributed by atoms with Gasteiger partial charge in [0.1, 0.15) is 23.5 Å². The largest absolute Gasteiger partial charge is 0.494 e. The number of unbranched alkanes of at least 4 members (excludes halogenated alkanes) is 1. The standard InChI is InChI=1S/C29H42N2O5/c1-4-14-31(3)15-20-36-29-13-19-35-28-12-11-24(21-26(28)29)33-17-5-6-18-34-25-10-9-23(8-7-16-32)27(22-25)30-2/h9-12,16,21-22,29-30H,4-8,13-15,17-20H2,1-3H3/t29-/m0/s1. The van der Waals surface area contributed by atoms with Crippen molar-refractivity contribution >= 4 is 12.0 Å². The molecule has 1 N–H and O–H groups in total. The SMILES string of the molecule is CCCN(C)CCO[C@H]1CCOc2ccc(OCCCCOc3ccc(CCC=O)c(NC)c3)cc21. The van der Waals surface area contributed by atoms with E-state index in [9.17, 15) is 4.79 Å². The number of carbonyl (C=O) groups excluding carboxylic acids is 1. The van der Waals surface area contributed by atoms with E-state index in [1.807, 2.05) is 37.4 Å². The minimum absolute atomic E-state index is 0.0491. The molecular weight excluding hydrogens is 456 g/mol. The van der Waals surface area contributed by atoms with Crippen LogP contribution in [-0.4, -0.2) is 64.8 Å². The molecule has 1 aliphatic heterocycles. The van der Waals surface area contributed by atoms with Crippen molar-refractivity contribution in [1.29, 1.82) is 0 Å². The molecule has 2 aromatic rings. The van der Waals surface area contributed by atoms with Crippen LogP contribution >= 0.6 is 0 Å². The number of nitrogens with one attached hydrogen (secondary N) is 1. The summed E-state index contributed by atoms with van der Waals surface area (Å²) in [5.41, 5.74) is 3.21. The molecule has 3 rings (SSSR count). The van der Waals surface area contributed by atoms with Gasteiger partial charge in [0, 0.05) is 43.8 Å². The molecular formula is C29H42N2O5. The lowest BCUT2D eigenvalue weighted by atomic mass is 10.0. The molecule has 2 aromatic carbocycles. The number of hydrogen-bond acceptors (Lipinski definition) is 7. The minimum Gasteiger partial charge on any atom is -0.494 e. The first kappa shape index (κ1) is 27.8. The molecule has 0 unspecified atom stereocenters. The Morgan fingerprint density at radius 3 is 2.53 bits per heavy atom. The van der Waals surface area contributed by atoms with Gasteiger partial charge in [0.25, 0.3) is 0 Å². The molecule has 1 atom stereocenters. The summed E-state index contributed by atoms with van der Waals surface area (Å²) >= 11 is 0. The average Bonchev–Trinajstić information content (AvgIpc) is 2.90. The van der Waals surface area contributed by atoms with E-state index in [-0.39, 0.29) is 6.10 Å². The third kappa shape index (κ3) is 8.71. The second-order valence-corrected chi connectivity index (χ2v) is 9.18. The van der Waals surface area contributed by atoms with Crippen LogP contribution in [0.3, 0.4) is 0 Å². The number of likely N-dealkylation sites (N-methyl/N-ethyl adjacent to an activating group) is 1. The van der Waals surface area contributed by atoms with Gasteiger partial charge in [-0.2, -0.15) is 0 Å². The van der Waals surface area contributed by atoms with E-state index in [1.54, 1.807) is 0 Å². The van der Waals surface area contributed by atoms with Crippen molar-refractivity contribution in [2.75, 3.05) is 58.9 Å². The second-order valence-electron chi connectivity index (χ2n) is 9.18. The van der Waals surface area contributed by atoms with Crippen LogP contribution in [0.1, 0.15) is 56.3 Å². The molecule has 0 saturated carbocycles.